The fourth-order valence-corrected chi connectivity index (χ4v) is 4.85. The Morgan fingerprint density at radius 3 is 2.46 bits per heavy atom. The number of aliphatic hydroxyl groups is 1. The van der Waals surface area contributed by atoms with Crippen molar-refractivity contribution < 1.29 is 19.4 Å². The number of imidazole rings is 1. The summed E-state index contributed by atoms with van der Waals surface area (Å²) in [6.45, 7) is 5.21. The van der Waals surface area contributed by atoms with Crippen LogP contribution in [0.25, 0.3) is 11.0 Å². The quantitative estimate of drug-likeness (QED) is 0.268. The number of aryl methyl sites for hydroxylation is 1. The maximum Gasteiger partial charge on any atom is 0.337 e. The Morgan fingerprint density at radius 1 is 1.11 bits per heavy atom. The van der Waals surface area contributed by atoms with Gasteiger partial charge in [-0.1, -0.05) is 42.5 Å². The minimum atomic E-state index is -1.11. The summed E-state index contributed by atoms with van der Waals surface area (Å²) in [7, 11) is 0. The largest absolute Gasteiger partial charge is 0.371 e. The van der Waals surface area contributed by atoms with Crippen LogP contribution in [0.15, 0.2) is 59.4 Å². The Labute approximate surface area is 215 Å². The number of fused-ring (bicyclic) bond motifs is 1. The molecule has 3 aromatic rings. The number of likely N-dealkylation sites (tertiary alicyclic amines) is 1. The third-order valence-electron chi connectivity index (χ3n) is 6.94. The Kier molecular flexibility index (Phi) is 9.10. The van der Waals surface area contributed by atoms with Crippen LogP contribution in [0.1, 0.15) is 25.3 Å². The molecule has 0 bridgehead atoms. The fourth-order valence-electron chi connectivity index (χ4n) is 4.85. The van der Waals surface area contributed by atoms with Gasteiger partial charge in [0.15, 0.2) is 6.23 Å². The summed E-state index contributed by atoms with van der Waals surface area (Å²) in [5.74, 6) is 0.275. The van der Waals surface area contributed by atoms with Crippen molar-refractivity contribution in [2.24, 2.45) is 5.92 Å². The van der Waals surface area contributed by atoms with E-state index < -0.39 is 18.4 Å². The van der Waals surface area contributed by atoms with E-state index in [9.17, 15) is 19.5 Å². The van der Waals surface area contributed by atoms with Gasteiger partial charge in [0, 0.05) is 19.6 Å². The van der Waals surface area contributed by atoms with Gasteiger partial charge in [-0.05, 0) is 56.5 Å². The minimum Gasteiger partial charge on any atom is -0.371 e. The average molecular weight is 510 g/mol. The van der Waals surface area contributed by atoms with Gasteiger partial charge in [0.1, 0.15) is 6.10 Å². The first-order valence-corrected chi connectivity index (χ1v) is 12.8. The third-order valence-corrected chi connectivity index (χ3v) is 6.94. The van der Waals surface area contributed by atoms with Crippen LogP contribution in [0.2, 0.25) is 0 Å². The van der Waals surface area contributed by atoms with E-state index in [2.05, 4.69) is 15.5 Å². The fraction of sp³-hybridized carbons (Fsp3) is 0.444. The van der Waals surface area contributed by atoms with E-state index in [0.717, 1.165) is 37.0 Å². The number of hydrogen-bond donors (Lipinski definition) is 3. The Balaban J connectivity index is 1.29. The highest BCUT2D eigenvalue weighted by atomic mass is 16.5. The zero-order chi connectivity index (χ0) is 26.2. The predicted molar refractivity (Wildman–Crippen MR) is 140 cm³/mol. The summed E-state index contributed by atoms with van der Waals surface area (Å²) in [5.41, 5.74) is 2.00. The molecular weight excluding hydrogens is 474 g/mol. The number of hydrogen-bond acceptors (Lipinski definition) is 6. The highest BCUT2D eigenvalue weighted by molar-refractivity contribution is 5.89. The summed E-state index contributed by atoms with van der Waals surface area (Å²) in [5, 5.41) is 15.7. The van der Waals surface area contributed by atoms with E-state index in [1.54, 1.807) is 10.6 Å². The summed E-state index contributed by atoms with van der Waals surface area (Å²) < 4.78 is 8.76. The second kappa shape index (κ2) is 12.7. The first-order valence-electron chi connectivity index (χ1n) is 12.8. The van der Waals surface area contributed by atoms with Gasteiger partial charge in [-0.15, -0.1) is 0 Å². The van der Waals surface area contributed by atoms with Crippen LogP contribution in [0.5, 0.6) is 0 Å². The highest BCUT2D eigenvalue weighted by Crippen LogP contribution is 2.18. The van der Waals surface area contributed by atoms with Crippen molar-refractivity contribution in [3.8, 4) is 0 Å². The van der Waals surface area contributed by atoms with Crippen LogP contribution in [-0.2, 0) is 22.7 Å². The molecule has 0 aliphatic carbocycles. The molecule has 10 nitrogen and oxygen atoms in total. The maximum absolute atomic E-state index is 12.9. The molecule has 1 aromatic heterocycles. The van der Waals surface area contributed by atoms with Gasteiger partial charge in [0.25, 0.3) is 0 Å². The number of benzene rings is 2. The summed E-state index contributed by atoms with van der Waals surface area (Å²) in [6, 6.07) is 16.6. The normalized spacial score (nSPS) is 16.4. The lowest BCUT2D eigenvalue weighted by Gasteiger charge is -2.35. The van der Waals surface area contributed by atoms with E-state index in [1.807, 2.05) is 55.5 Å². The monoisotopic (exact) mass is 509 g/mol. The van der Waals surface area contributed by atoms with E-state index in [0.29, 0.717) is 38.2 Å². The van der Waals surface area contributed by atoms with Crippen molar-refractivity contribution in [1.29, 1.82) is 0 Å². The van der Waals surface area contributed by atoms with Crippen LogP contribution in [0.4, 0.5) is 4.79 Å². The molecule has 1 fully saturated rings. The van der Waals surface area contributed by atoms with Crippen molar-refractivity contribution in [2.45, 2.75) is 45.2 Å². The molecule has 3 N–H and O–H groups in total. The molecule has 2 aromatic carbocycles. The van der Waals surface area contributed by atoms with Gasteiger partial charge in [0.05, 0.1) is 17.6 Å². The molecule has 1 saturated heterocycles. The van der Waals surface area contributed by atoms with E-state index in [1.165, 1.54) is 4.57 Å². The molecule has 2 amide bonds. The van der Waals surface area contributed by atoms with Crippen LogP contribution in [-0.4, -0.2) is 70.1 Å². The topological polar surface area (TPSA) is 118 Å². The van der Waals surface area contributed by atoms with E-state index in [4.69, 9.17) is 4.74 Å². The molecule has 198 valence electrons. The molecule has 2 atom stereocenters. The summed E-state index contributed by atoms with van der Waals surface area (Å²) in [6.07, 6.45) is 0.497. The van der Waals surface area contributed by atoms with Gasteiger partial charge >= 0.3 is 11.7 Å². The number of para-hydroxylation sites is 2. The van der Waals surface area contributed by atoms with Gasteiger partial charge in [-0.2, -0.15) is 0 Å². The molecule has 0 saturated carbocycles. The molecule has 0 spiro atoms. The lowest BCUT2D eigenvalue weighted by atomic mass is 9.96. The Hall–Kier alpha value is -3.47. The van der Waals surface area contributed by atoms with Crippen LogP contribution < -0.4 is 16.3 Å². The number of nitrogens with one attached hydrogen (secondary N) is 2. The highest BCUT2D eigenvalue weighted by Gasteiger charge is 2.27. The molecular formula is C27H35N5O5. The molecule has 2 unspecified atom stereocenters. The first kappa shape index (κ1) is 26.6. The van der Waals surface area contributed by atoms with E-state index in [-0.39, 0.29) is 11.6 Å². The second-order valence-corrected chi connectivity index (χ2v) is 9.35. The Bertz CT molecular complexity index is 1230. The molecule has 10 heteroatoms. The number of amides is 2. The maximum atomic E-state index is 12.9. The molecule has 37 heavy (non-hydrogen) atoms. The summed E-state index contributed by atoms with van der Waals surface area (Å²) >= 11 is 0. The van der Waals surface area contributed by atoms with Crippen molar-refractivity contribution in [2.75, 3.05) is 26.2 Å². The predicted octanol–water partition coefficient (Wildman–Crippen LogP) is 1.74. The summed E-state index contributed by atoms with van der Waals surface area (Å²) in [4.78, 5) is 38.8. The third kappa shape index (κ3) is 6.46. The van der Waals surface area contributed by atoms with Gasteiger partial charge in [-0.3, -0.25) is 9.36 Å². The molecule has 0 radical (unpaired) electrons. The van der Waals surface area contributed by atoms with Crippen molar-refractivity contribution in [1.82, 2.24) is 24.7 Å². The molecule has 1 aliphatic heterocycles. The van der Waals surface area contributed by atoms with Crippen molar-refractivity contribution in [3.63, 3.8) is 0 Å². The lowest BCUT2D eigenvalue weighted by molar-refractivity contribution is -0.119. The lowest BCUT2D eigenvalue weighted by Crippen LogP contribution is -2.49. The Morgan fingerprint density at radius 2 is 1.78 bits per heavy atom. The van der Waals surface area contributed by atoms with Crippen LogP contribution in [0, 0.1) is 5.92 Å². The van der Waals surface area contributed by atoms with Gasteiger partial charge in [0.2, 0.25) is 6.41 Å². The van der Waals surface area contributed by atoms with Gasteiger partial charge < -0.3 is 25.4 Å². The first-order chi connectivity index (χ1) is 18.0. The number of carbonyl (C=O) groups excluding carboxylic acids is 2. The smallest absolute Gasteiger partial charge is 0.337 e. The van der Waals surface area contributed by atoms with Crippen molar-refractivity contribution in [3.05, 3.63) is 70.6 Å². The number of nitrogens with zero attached hydrogens (tertiary/aromatic N) is 3. The molecule has 2 heterocycles. The zero-order valence-corrected chi connectivity index (χ0v) is 21.1. The minimum absolute atomic E-state index is 0.275. The number of aromatic nitrogens is 2. The number of ether oxygens (including phenoxy) is 1. The zero-order valence-electron chi connectivity index (χ0n) is 21.1. The van der Waals surface area contributed by atoms with Crippen LogP contribution >= 0.6 is 0 Å². The number of rotatable bonds is 11. The molecule has 4 rings (SSSR count). The SMILES string of the molecule is CCn1c(=O)n(C(=O)NCC2CCN(CC(OCc3ccccc3)C(O)NC=O)CC2)c2ccccc21. The van der Waals surface area contributed by atoms with Gasteiger partial charge in [-0.25, -0.2) is 14.2 Å². The van der Waals surface area contributed by atoms with Crippen molar-refractivity contribution >= 4 is 23.5 Å². The number of piperidine rings is 1. The number of carbonyl (C=O) groups is 2. The second-order valence-electron chi connectivity index (χ2n) is 9.35. The van der Waals surface area contributed by atoms with E-state index >= 15 is 0 Å². The van der Waals surface area contributed by atoms with Crippen LogP contribution in [0.3, 0.4) is 0 Å². The molecule has 1 aliphatic rings. The standard InChI is InChI=1S/C27H35N5O5/c1-2-31-22-10-6-7-11-23(22)32(27(31)36)26(35)28-16-20-12-14-30(15-13-20)17-24(25(34)29-19-33)37-18-21-8-4-3-5-9-21/h3-11,19-20,24-25,34H,2,12-18H2,1H3,(H,28,35)(H,29,33). The number of aliphatic hydroxyl groups excluding tert-OH is 1. The average Bonchev–Trinajstić information content (AvgIpc) is 3.22.